The van der Waals surface area contributed by atoms with Crippen LogP contribution in [0.4, 0.5) is 5.69 Å². The van der Waals surface area contributed by atoms with E-state index in [1.165, 1.54) is 24.1 Å². The zero-order chi connectivity index (χ0) is 16.4. The van der Waals surface area contributed by atoms with E-state index in [0.29, 0.717) is 12.1 Å². The molecule has 4 rings (SSSR count). The maximum Gasteiger partial charge on any atom is 0.142 e. The second-order valence-corrected chi connectivity index (χ2v) is 7.09. The summed E-state index contributed by atoms with van der Waals surface area (Å²) in [5.74, 6) is 1.02. The number of benzene rings is 2. The topological polar surface area (TPSA) is 24.5 Å². The molecule has 1 unspecified atom stereocenters. The van der Waals surface area contributed by atoms with Crippen molar-refractivity contribution in [1.29, 1.82) is 0 Å². The Balaban J connectivity index is 0.00000182. The maximum absolute atomic E-state index is 6.07. The van der Waals surface area contributed by atoms with Gasteiger partial charge in [0.15, 0.2) is 0 Å². The second kappa shape index (κ2) is 8.31. The minimum absolute atomic E-state index is 0. The third-order valence-corrected chi connectivity index (χ3v) is 5.31. The molecule has 2 aliphatic rings. The molecule has 0 saturated carbocycles. The van der Waals surface area contributed by atoms with Crippen molar-refractivity contribution in [2.45, 2.75) is 31.3 Å². The first-order chi connectivity index (χ1) is 11.8. The first kappa shape index (κ1) is 18.4. The van der Waals surface area contributed by atoms with Gasteiger partial charge in [0.2, 0.25) is 0 Å². The Morgan fingerprint density at radius 3 is 2.52 bits per heavy atom. The van der Waals surface area contributed by atoms with Gasteiger partial charge in [-0.05, 0) is 62.2 Å². The van der Waals surface area contributed by atoms with Crippen molar-refractivity contribution in [3.8, 4) is 5.75 Å². The summed E-state index contributed by atoms with van der Waals surface area (Å²) in [6, 6.07) is 17.6. The highest BCUT2D eigenvalue weighted by Crippen LogP contribution is 2.37. The molecule has 2 aromatic rings. The van der Waals surface area contributed by atoms with Crippen LogP contribution in [0.5, 0.6) is 5.75 Å². The summed E-state index contributed by atoms with van der Waals surface area (Å²) in [4.78, 5) is 2.62. The summed E-state index contributed by atoms with van der Waals surface area (Å²) in [5, 5.41) is 4.27. The van der Waals surface area contributed by atoms with E-state index in [0.717, 1.165) is 36.9 Å². The monoisotopic (exact) mass is 378 g/mol. The van der Waals surface area contributed by atoms with Gasteiger partial charge >= 0.3 is 0 Å². The van der Waals surface area contributed by atoms with Crippen molar-refractivity contribution >= 4 is 29.7 Å². The number of piperidine rings is 1. The van der Waals surface area contributed by atoms with E-state index in [2.05, 4.69) is 46.6 Å². The zero-order valence-corrected chi connectivity index (χ0v) is 15.7. The predicted molar refractivity (Wildman–Crippen MR) is 106 cm³/mol. The van der Waals surface area contributed by atoms with Gasteiger partial charge in [-0.25, -0.2) is 0 Å². The van der Waals surface area contributed by atoms with Crippen LogP contribution < -0.4 is 15.0 Å². The molecular formula is C20H24Cl2N2O. The normalized spacial score (nSPS) is 20.4. The van der Waals surface area contributed by atoms with Gasteiger partial charge in [-0.15, -0.1) is 12.4 Å². The number of anilines is 1. The third-order valence-electron chi connectivity index (χ3n) is 5.05. The highest BCUT2D eigenvalue weighted by atomic mass is 35.5. The number of ether oxygens (including phenoxy) is 1. The van der Waals surface area contributed by atoms with Crippen molar-refractivity contribution in [3.63, 3.8) is 0 Å². The van der Waals surface area contributed by atoms with Gasteiger partial charge in [-0.1, -0.05) is 35.9 Å². The first-order valence-corrected chi connectivity index (χ1v) is 9.14. The average molecular weight is 379 g/mol. The van der Waals surface area contributed by atoms with Crippen LogP contribution >= 0.6 is 24.0 Å². The lowest BCUT2D eigenvalue weighted by atomic mass is 9.96. The molecule has 2 heterocycles. The standard InChI is InChI=1S/C20H23ClN2O.ClH/c21-16-7-5-15(6-8-16)13-18-14-24-20-4-2-1-3-19(20)23(18)17-9-11-22-12-10-17;/h1-8,17-18,22H,9-14H2;1H. The Bertz CT molecular complexity index is 686. The van der Waals surface area contributed by atoms with Crippen molar-refractivity contribution in [2.24, 2.45) is 0 Å². The van der Waals surface area contributed by atoms with Crippen molar-refractivity contribution < 1.29 is 4.74 Å². The van der Waals surface area contributed by atoms with E-state index in [4.69, 9.17) is 16.3 Å². The lowest BCUT2D eigenvalue weighted by molar-refractivity contribution is 0.242. The smallest absolute Gasteiger partial charge is 0.142 e. The number of hydrogen-bond acceptors (Lipinski definition) is 3. The van der Waals surface area contributed by atoms with Gasteiger partial charge in [0.25, 0.3) is 0 Å². The van der Waals surface area contributed by atoms with Crippen molar-refractivity contribution in [3.05, 3.63) is 59.1 Å². The molecular weight excluding hydrogens is 355 g/mol. The van der Waals surface area contributed by atoms with E-state index >= 15 is 0 Å². The molecule has 1 fully saturated rings. The lowest BCUT2D eigenvalue weighted by Gasteiger charge is -2.45. The summed E-state index contributed by atoms with van der Waals surface area (Å²) < 4.78 is 6.07. The molecule has 3 nitrogen and oxygen atoms in total. The van der Waals surface area contributed by atoms with Crippen LogP contribution in [0.2, 0.25) is 5.02 Å². The van der Waals surface area contributed by atoms with Gasteiger partial charge in [0.1, 0.15) is 12.4 Å². The molecule has 0 aromatic heterocycles. The van der Waals surface area contributed by atoms with E-state index in [1.807, 2.05) is 12.1 Å². The van der Waals surface area contributed by atoms with Crippen LogP contribution in [0.15, 0.2) is 48.5 Å². The average Bonchev–Trinajstić information content (AvgIpc) is 2.64. The quantitative estimate of drug-likeness (QED) is 0.860. The Kier molecular flexibility index (Phi) is 6.10. The number of nitrogens with zero attached hydrogens (tertiary/aromatic N) is 1. The molecule has 1 saturated heterocycles. The minimum atomic E-state index is 0. The molecule has 0 amide bonds. The summed E-state index contributed by atoms with van der Waals surface area (Å²) in [6.07, 6.45) is 3.35. The van der Waals surface area contributed by atoms with E-state index in [-0.39, 0.29) is 12.4 Å². The van der Waals surface area contributed by atoms with Crippen molar-refractivity contribution in [1.82, 2.24) is 5.32 Å². The molecule has 0 bridgehead atoms. The number of rotatable bonds is 3. The lowest BCUT2D eigenvalue weighted by Crippen LogP contribution is -2.53. The molecule has 2 aliphatic heterocycles. The van der Waals surface area contributed by atoms with Crippen molar-refractivity contribution in [2.75, 3.05) is 24.6 Å². The number of fused-ring (bicyclic) bond motifs is 1. The Morgan fingerprint density at radius 2 is 1.76 bits per heavy atom. The van der Waals surface area contributed by atoms with Gasteiger partial charge in [-0.2, -0.15) is 0 Å². The number of hydrogen-bond donors (Lipinski definition) is 1. The fourth-order valence-corrected chi connectivity index (χ4v) is 4.01. The minimum Gasteiger partial charge on any atom is -0.489 e. The number of para-hydroxylation sites is 2. The third kappa shape index (κ3) is 4.05. The van der Waals surface area contributed by atoms with Gasteiger partial charge in [0, 0.05) is 11.1 Å². The zero-order valence-electron chi connectivity index (χ0n) is 14.2. The fraction of sp³-hybridized carbons (Fsp3) is 0.400. The van der Waals surface area contributed by atoms with Gasteiger partial charge in [-0.3, -0.25) is 0 Å². The SMILES string of the molecule is Cl.Clc1ccc(CC2COc3ccccc3N2C2CCNCC2)cc1. The largest absolute Gasteiger partial charge is 0.489 e. The molecule has 0 spiro atoms. The van der Waals surface area contributed by atoms with Crippen LogP contribution in [0.25, 0.3) is 0 Å². The van der Waals surface area contributed by atoms with Gasteiger partial charge < -0.3 is 15.0 Å². The fourth-order valence-electron chi connectivity index (χ4n) is 3.89. The van der Waals surface area contributed by atoms with Crippen LogP contribution in [-0.2, 0) is 6.42 Å². The molecule has 134 valence electrons. The molecule has 2 aromatic carbocycles. The first-order valence-electron chi connectivity index (χ1n) is 8.76. The Morgan fingerprint density at radius 1 is 1.04 bits per heavy atom. The molecule has 1 N–H and O–H groups in total. The number of halogens is 2. The Hall–Kier alpha value is -1.42. The van der Waals surface area contributed by atoms with Crippen LogP contribution in [0, 0.1) is 0 Å². The number of nitrogens with one attached hydrogen (secondary N) is 1. The second-order valence-electron chi connectivity index (χ2n) is 6.65. The molecule has 5 heteroatoms. The van der Waals surface area contributed by atoms with E-state index < -0.39 is 0 Å². The highest BCUT2D eigenvalue weighted by molar-refractivity contribution is 6.30. The summed E-state index contributed by atoms with van der Waals surface area (Å²) >= 11 is 6.03. The molecule has 0 radical (unpaired) electrons. The van der Waals surface area contributed by atoms with Crippen LogP contribution in [0.1, 0.15) is 18.4 Å². The predicted octanol–water partition coefficient (Wildman–Crippen LogP) is 4.32. The summed E-state index contributed by atoms with van der Waals surface area (Å²) in [7, 11) is 0. The maximum atomic E-state index is 6.07. The summed E-state index contributed by atoms with van der Waals surface area (Å²) in [6.45, 7) is 2.93. The van der Waals surface area contributed by atoms with Crippen LogP contribution in [-0.4, -0.2) is 31.8 Å². The van der Waals surface area contributed by atoms with E-state index in [9.17, 15) is 0 Å². The molecule has 25 heavy (non-hydrogen) atoms. The highest BCUT2D eigenvalue weighted by Gasteiger charge is 2.33. The molecule has 1 atom stereocenters. The van der Waals surface area contributed by atoms with E-state index in [1.54, 1.807) is 0 Å². The van der Waals surface area contributed by atoms with Crippen LogP contribution in [0.3, 0.4) is 0 Å². The van der Waals surface area contributed by atoms with Gasteiger partial charge in [0.05, 0.1) is 11.7 Å². The molecule has 0 aliphatic carbocycles. The Labute approximate surface area is 160 Å². The summed E-state index contributed by atoms with van der Waals surface area (Å²) in [5.41, 5.74) is 2.56.